The van der Waals surface area contributed by atoms with E-state index in [0.29, 0.717) is 5.95 Å². The molecule has 0 atom stereocenters. The number of nitrogens with one attached hydrogen (secondary N) is 2. The Morgan fingerprint density at radius 2 is 1.69 bits per heavy atom. The van der Waals surface area contributed by atoms with E-state index >= 15 is 0 Å². The summed E-state index contributed by atoms with van der Waals surface area (Å²) in [5.41, 5.74) is 9.47. The summed E-state index contributed by atoms with van der Waals surface area (Å²) < 4.78 is 2.08. The van der Waals surface area contributed by atoms with Gasteiger partial charge in [-0.3, -0.25) is 4.40 Å². The van der Waals surface area contributed by atoms with E-state index in [1.54, 1.807) is 6.20 Å². The summed E-state index contributed by atoms with van der Waals surface area (Å²) >= 11 is 0. The van der Waals surface area contributed by atoms with Crippen molar-refractivity contribution in [2.75, 3.05) is 26.0 Å². The maximum absolute atomic E-state index is 5.03. The predicted octanol–water partition coefficient (Wildman–Crippen LogP) is 6.85. The molecule has 0 amide bonds. The minimum absolute atomic E-state index is 0.533. The van der Waals surface area contributed by atoms with Gasteiger partial charge in [-0.1, -0.05) is 54.6 Å². The Hall–Kier alpha value is -5.34. The van der Waals surface area contributed by atoms with E-state index in [9.17, 15) is 0 Å². The van der Waals surface area contributed by atoms with Crippen LogP contribution in [0.1, 0.15) is 5.56 Å². The molecule has 0 saturated carbocycles. The van der Waals surface area contributed by atoms with Gasteiger partial charge in [-0.15, -0.1) is 0 Å². The lowest BCUT2D eigenvalue weighted by Gasteiger charge is -2.11. The van der Waals surface area contributed by atoms with Gasteiger partial charge in [0.2, 0.25) is 5.95 Å². The number of benzene rings is 3. The van der Waals surface area contributed by atoms with Crippen molar-refractivity contribution in [2.45, 2.75) is 6.42 Å². The van der Waals surface area contributed by atoms with Crippen molar-refractivity contribution >= 4 is 28.3 Å². The molecule has 7 rings (SSSR count). The molecule has 4 heterocycles. The van der Waals surface area contributed by atoms with Crippen LogP contribution in [0.5, 0.6) is 0 Å². The molecule has 0 aliphatic heterocycles. The minimum atomic E-state index is 0.533. The van der Waals surface area contributed by atoms with Crippen LogP contribution in [0, 0.1) is 0 Å². The Balaban J connectivity index is 1.27. The van der Waals surface area contributed by atoms with Crippen molar-refractivity contribution in [2.24, 2.45) is 0 Å². The number of likely N-dealkylation sites (N-methyl/N-ethyl adjacent to an activating group) is 1. The number of hydrogen-bond donors (Lipinski definition) is 2. The highest BCUT2D eigenvalue weighted by Crippen LogP contribution is 2.34. The van der Waals surface area contributed by atoms with Gasteiger partial charge in [-0.25, -0.2) is 19.9 Å². The summed E-state index contributed by atoms with van der Waals surface area (Å²) in [5, 5.41) is 3.41. The molecule has 0 aliphatic rings. The highest BCUT2D eigenvalue weighted by Gasteiger charge is 2.19. The molecule has 3 aromatic carbocycles. The Kier molecular flexibility index (Phi) is 6.65. The van der Waals surface area contributed by atoms with E-state index in [1.165, 1.54) is 5.56 Å². The Labute approximate surface area is 243 Å². The number of aromatic amines is 1. The molecule has 0 bridgehead atoms. The summed E-state index contributed by atoms with van der Waals surface area (Å²) in [6, 6.07) is 32.7. The fraction of sp³-hybridized carbons (Fsp3) is 0.118. The molecule has 0 aliphatic carbocycles. The number of rotatable bonds is 8. The molecular formula is C34H30N8. The van der Waals surface area contributed by atoms with E-state index in [4.69, 9.17) is 15.0 Å². The summed E-state index contributed by atoms with van der Waals surface area (Å²) in [6.45, 7) is 0.990. The fourth-order valence-corrected chi connectivity index (χ4v) is 5.17. The first kappa shape index (κ1) is 25.6. The monoisotopic (exact) mass is 550 g/mol. The van der Waals surface area contributed by atoms with Gasteiger partial charge in [0.25, 0.3) is 0 Å². The van der Waals surface area contributed by atoms with Crippen molar-refractivity contribution < 1.29 is 0 Å². The fourth-order valence-electron chi connectivity index (χ4n) is 5.17. The third-order valence-corrected chi connectivity index (χ3v) is 7.26. The van der Waals surface area contributed by atoms with Gasteiger partial charge in [-0.05, 0) is 68.5 Å². The molecule has 4 aromatic heterocycles. The molecular weight excluding hydrogens is 520 g/mol. The topological polar surface area (TPSA) is 87.0 Å². The number of H-pyrrole nitrogens is 1. The smallest absolute Gasteiger partial charge is 0.227 e. The van der Waals surface area contributed by atoms with Crippen LogP contribution in [0.4, 0.5) is 11.6 Å². The maximum Gasteiger partial charge on any atom is 0.227 e. The van der Waals surface area contributed by atoms with Crippen LogP contribution in [0.2, 0.25) is 0 Å². The molecule has 42 heavy (non-hydrogen) atoms. The third kappa shape index (κ3) is 5.11. The Morgan fingerprint density at radius 3 is 2.57 bits per heavy atom. The summed E-state index contributed by atoms with van der Waals surface area (Å²) in [5.74, 6) is 1.38. The molecule has 0 unspecified atom stereocenters. The number of nitrogens with zero attached hydrogens (tertiary/aromatic N) is 6. The van der Waals surface area contributed by atoms with Gasteiger partial charge in [0.15, 0.2) is 0 Å². The SMILES string of the molecule is CN(C)CCc1cccc(Nc2nccc(-c3c(-c4ccc5nc(-c6ccccc6)[nH]c5c4)nc4ccccn34)n2)c1. The molecule has 2 N–H and O–H groups in total. The second-order valence-corrected chi connectivity index (χ2v) is 10.6. The van der Waals surface area contributed by atoms with Crippen LogP contribution in [0.15, 0.2) is 109 Å². The number of imidazole rings is 2. The zero-order valence-electron chi connectivity index (χ0n) is 23.5. The summed E-state index contributed by atoms with van der Waals surface area (Å²) in [6.07, 6.45) is 4.78. The normalized spacial score (nSPS) is 11.5. The van der Waals surface area contributed by atoms with Crippen LogP contribution in [-0.4, -0.2) is 54.9 Å². The quantitative estimate of drug-likeness (QED) is 0.215. The van der Waals surface area contributed by atoms with Crippen molar-refractivity contribution in [3.8, 4) is 34.0 Å². The van der Waals surface area contributed by atoms with E-state index in [0.717, 1.165) is 69.4 Å². The van der Waals surface area contributed by atoms with Crippen LogP contribution >= 0.6 is 0 Å². The van der Waals surface area contributed by atoms with Gasteiger partial charge < -0.3 is 15.2 Å². The molecule has 8 heteroatoms. The van der Waals surface area contributed by atoms with E-state index in [1.807, 2.05) is 60.8 Å². The van der Waals surface area contributed by atoms with Crippen LogP contribution in [0.25, 0.3) is 50.7 Å². The van der Waals surface area contributed by atoms with Crippen LogP contribution in [0.3, 0.4) is 0 Å². The second-order valence-electron chi connectivity index (χ2n) is 10.6. The summed E-state index contributed by atoms with van der Waals surface area (Å²) in [4.78, 5) is 25.0. The highest BCUT2D eigenvalue weighted by molar-refractivity contribution is 5.88. The Morgan fingerprint density at radius 1 is 0.810 bits per heavy atom. The Bertz CT molecular complexity index is 2010. The minimum Gasteiger partial charge on any atom is -0.338 e. The first-order chi connectivity index (χ1) is 20.6. The molecule has 8 nitrogen and oxygen atoms in total. The molecule has 206 valence electrons. The van der Waals surface area contributed by atoms with Crippen LogP contribution < -0.4 is 5.32 Å². The lowest BCUT2D eigenvalue weighted by atomic mass is 10.1. The molecule has 0 radical (unpaired) electrons. The lowest BCUT2D eigenvalue weighted by Crippen LogP contribution is -2.15. The number of pyridine rings is 1. The van der Waals surface area contributed by atoms with Crippen LogP contribution in [-0.2, 0) is 6.42 Å². The number of anilines is 2. The number of fused-ring (bicyclic) bond motifs is 2. The largest absolute Gasteiger partial charge is 0.338 e. The predicted molar refractivity (Wildman–Crippen MR) is 169 cm³/mol. The molecule has 0 saturated heterocycles. The first-order valence-corrected chi connectivity index (χ1v) is 14.0. The maximum atomic E-state index is 5.03. The molecule has 0 spiro atoms. The molecule has 7 aromatic rings. The van der Waals surface area contributed by atoms with Crippen molar-refractivity contribution in [1.82, 2.24) is 34.2 Å². The number of aromatic nitrogens is 6. The van der Waals surface area contributed by atoms with Gasteiger partial charge in [0.05, 0.1) is 28.1 Å². The van der Waals surface area contributed by atoms with Gasteiger partial charge in [0.1, 0.15) is 11.5 Å². The first-order valence-electron chi connectivity index (χ1n) is 14.0. The average Bonchev–Trinajstić information content (AvgIpc) is 3.62. The summed E-state index contributed by atoms with van der Waals surface area (Å²) in [7, 11) is 4.18. The van der Waals surface area contributed by atoms with Crippen molar-refractivity contribution in [3.05, 3.63) is 115 Å². The van der Waals surface area contributed by atoms with Gasteiger partial charge >= 0.3 is 0 Å². The highest BCUT2D eigenvalue weighted by atomic mass is 15.1. The van der Waals surface area contributed by atoms with Crippen molar-refractivity contribution in [1.29, 1.82) is 0 Å². The third-order valence-electron chi connectivity index (χ3n) is 7.26. The van der Waals surface area contributed by atoms with E-state index in [-0.39, 0.29) is 0 Å². The number of hydrogen-bond acceptors (Lipinski definition) is 6. The van der Waals surface area contributed by atoms with Gasteiger partial charge in [0, 0.05) is 35.8 Å². The standard InChI is InChI=1S/C34H30N8/c1-41(2)20-17-23-9-8-12-26(21-23)36-34-35-18-16-28(39-34)32-31(40-30-13-6-7-19-42(30)32)25-14-15-27-29(22-25)38-33(37-27)24-10-4-3-5-11-24/h3-16,18-19,21-22H,17,20H2,1-2H3,(H,37,38)(H,35,36,39). The zero-order valence-corrected chi connectivity index (χ0v) is 23.5. The second kappa shape index (κ2) is 10.9. The van der Waals surface area contributed by atoms with Crippen molar-refractivity contribution in [3.63, 3.8) is 0 Å². The average molecular weight is 551 g/mol. The molecule has 0 fully saturated rings. The lowest BCUT2D eigenvalue weighted by molar-refractivity contribution is 0.413. The van der Waals surface area contributed by atoms with E-state index < -0.39 is 0 Å². The zero-order chi connectivity index (χ0) is 28.5. The van der Waals surface area contributed by atoms with Gasteiger partial charge in [-0.2, -0.15) is 0 Å². The van der Waals surface area contributed by atoms with E-state index in [2.05, 4.69) is 81.1 Å².